The maximum absolute atomic E-state index is 10.9. The standard InChI is InChI=1S/C15H16N2O3/c18-15(19)12-8-16-17(9-12)13-6-7-14(13)20-10-11-4-2-1-3-5-11/h1-5,8-9,13-14H,6-7,10H2,(H,18,19)/t13-,14-/m1/s1. The largest absolute Gasteiger partial charge is 0.478 e. The van der Waals surface area contributed by atoms with Crippen molar-refractivity contribution < 1.29 is 14.6 Å². The molecule has 1 aromatic heterocycles. The second-order valence-electron chi connectivity index (χ2n) is 4.99. The Balaban J connectivity index is 1.60. The fourth-order valence-electron chi connectivity index (χ4n) is 2.36. The van der Waals surface area contributed by atoms with Crippen LogP contribution in [-0.2, 0) is 11.3 Å². The van der Waals surface area contributed by atoms with Crippen LogP contribution >= 0.6 is 0 Å². The van der Waals surface area contributed by atoms with Crippen molar-refractivity contribution in [3.8, 4) is 0 Å². The summed E-state index contributed by atoms with van der Waals surface area (Å²) in [5.74, 6) is -0.947. The highest BCUT2D eigenvalue weighted by atomic mass is 16.5. The summed E-state index contributed by atoms with van der Waals surface area (Å²) in [4.78, 5) is 10.9. The van der Waals surface area contributed by atoms with Gasteiger partial charge in [-0.05, 0) is 18.4 Å². The Morgan fingerprint density at radius 2 is 2.15 bits per heavy atom. The third-order valence-electron chi connectivity index (χ3n) is 3.67. The minimum Gasteiger partial charge on any atom is -0.478 e. The number of nitrogens with zero attached hydrogens (tertiary/aromatic N) is 2. The van der Waals surface area contributed by atoms with Gasteiger partial charge in [0.05, 0.1) is 30.5 Å². The van der Waals surface area contributed by atoms with Gasteiger partial charge in [-0.15, -0.1) is 0 Å². The third kappa shape index (κ3) is 2.58. The molecule has 0 radical (unpaired) electrons. The van der Waals surface area contributed by atoms with E-state index in [4.69, 9.17) is 9.84 Å². The van der Waals surface area contributed by atoms with Gasteiger partial charge in [-0.25, -0.2) is 4.79 Å². The molecule has 1 heterocycles. The Morgan fingerprint density at radius 3 is 2.75 bits per heavy atom. The van der Waals surface area contributed by atoms with Crippen LogP contribution in [0.2, 0.25) is 0 Å². The maximum Gasteiger partial charge on any atom is 0.338 e. The molecule has 0 spiro atoms. The fourth-order valence-corrected chi connectivity index (χ4v) is 2.36. The van der Waals surface area contributed by atoms with Crippen molar-refractivity contribution in [2.24, 2.45) is 0 Å². The van der Waals surface area contributed by atoms with Gasteiger partial charge in [-0.1, -0.05) is 30.3 Å². The molecule has 104 valence electrons. The van der Waals surface area contributed by atoms with Gasteiger partial charge in [0, 0.05) is 6.20 Å². The first-order valence-corrected chi connectivity index (χ1v) is 6.67. The molecular weight excluding hydrogens is 256 g/mol. The molecule has 0 bridgehead atoms. The molecule has 2 aromatic rings. The molecule has 0 unspecified atom stereocenters. The zero-order valence-electron chi connectivity index (χ0n) is 11.0. The van der Waals surface area contributed by atoms with Crippen molar-refractivity contribution in [1.29, 1.82) is 0 Å². The highest BCUT2D eigenvalue weighted by Gasteiger charge is 2.34. The summed E-state index contributed by atoms with van der Waals surface area (Å²) in [6.07, 6.45) is 5.02. The summed E-state index contributed by atoms with van der Waals surface area (Å²) in [5.41, 5.74) is 1.36. The quantitative estimate of drug-likeness (QED) is 0.908. The number of hydrogen-bond acceptors (Lipinski definition) is 3. The number of hydrogen-bond donors (Lipinski definition) is 1. The lowest BCUT2D eigenvalue weighted by atomic mass is 9.89. The van der Waals surface area contributed by atoms with Gasteiger partial charge in [-0.2, -0.15) is 5.10 Å². The van der Waals surface area contributed by atoms with Gasteiger partial charge in [0.15, 0.2) is 0 Å². The number of aromatic nitrogens is 2. The predicted octanol–water partition coefficient (Wildman–Crippen LogP) is 2.50. The first kappa shape index (κ1) is 12.9. The van der Waals surface area contributed by atoms with Gasteiger partial charge in [0.2, 0.25) is 0 Å². The Kier molecular flexibility index (Phi) is 3.52. The summed E-state index contributed by atoms with van der Waals surface area (Å²) >= 11 is 0. The number of carbonyl (C=O) groups is 1. The fraction of sp³-hybridized carbons (Fsp3) is 0.333. The van der Waals surface area contributed by atoms with E-state index in [1.807, 2.05) is 30.3 Å². The molecular formula is C15H16N2O3. The Morgan fingerprint density at radius 1 is 1.35 bits per heavy atom. The molecule has 1 N–H and O–H groups in total. The predicted molar refractivity (Wildman–Crippen MR) is 72.5 cm³/mol. The Labute approximate surface area is 116 Å². The molecule has 1 aliphatic carbocycles. The topological polar surface area (TPSA) is 64.3 Å². The molecule has 0 amide bonds. The Hall–Kier alpha value is -2.14. The summed E-state index contributed by atoms with van der Waals surface area (Å²) < 4.78 is 7.60. The zero-order chi connectivity index (χ0) is 13.9. The van der Waals surface area contributed by atoms with Gasteiger partial charge >= 0.3 is 5.97 Å². The van der Waals surface area contributed by atoms with Crippen LogP contribution in [0.15, 0.2) is 42.7 Å². The molecule has 0 saturated heterocycles. The second-order valence-corrected chi connectivity index (χ2v) is 4.99. The number of rotatable bonds is 5. The van der Waals surface area contributed by atoms with E-state index in [2.05, 4.69) is 5.10 Å². The maximum atomic E-state index is 10.9. The first-order valence-electron chi connectivity index (χ1n) is 6.67. The van der Waals surface area contributed by atoms with Gasteiger partial charge in [-0.3, -0.25) is 4.68 Å². The van der Waals surface area contributed by atoms with E-state index in [1.165, 1.54) is 6.20 Å². The lowest BCUT2D eigenvalue weighted by molar-refractivity contribution is -0.0530. The second kappa shape index (κ2) is 5.46. The van der Waals surface area contributed by atoms with E-state index in [1.54, 1.807) is 10.9 Å². The molecule has 1 saturated carbocycles. The average Bonchev–Trinajstić information content (AvgIpc) is 2.88. The molecule has 2 atom stereocenters. The van der Waals surface area contributed by atoms with Crippen LogP contribution in [0.4, 0.5) is 0 Å². The summed E-state index contributed by atoms with van der Waals surface area (Å²) in [6, 6.07) is 10.2. The van der Waals surface area contributed by atoms with Gasteiger partial charge in [0.25, 0.3) is 0 Å². The summed E-state index contributed by atoms with van der Waals surface area (Å²) in [6.45, 7) is 0.578. The van der Waals surface area contributed by atoms with E-state index >= 15 is 0 Å². The molecule has 1 aromatic carbocycles. The van der Waals surface area contributed by atoms with Crippen molar-refractivity contribution >= 4 is 5.97 Å². The lowest BCUT2D eigenvalue weighted by Gasteiger charge is -2.36. The molecule has 1 fully saturated rings. The van der Waals surface area contributed by atoms with Crippen molar-refractivity contribution in [3.05, 3.63) is 53.9 Å². The van der Waals surface area contributed by atoms with Crippen LogP contribution in [0.1, 0.15) is 34.8 Å². The number of benzene rings is 1. The summed E-state index contributed by atoms with van der Waals surface area (Å²) in [5, 5.41) is 13.0. The van der Waals surface area contributed by atoms with E-state index in [-0.39, 0.29) is 17.7 Å². The van der Waals surface area contributed by atoms with Crippen molar-refractivity contribution in [3.63, 3.8) is 0 Å². The SMILES string of the molecule is O=C(O)c1cnn([C@@H]2CC[C@H]2OCc2ccccc2)c1. The highest BCUT2D eigenvalue weighted by Crippen LogP contribution is 2.35. The van der Waals surface area contributed by atoms with Crippen LogP contribution in [0.5, 0.6) is 0 Å². The number of aromatic carboxylic acids is 1. The van der Waals surface area contributed by atoms with Crippen LogP contribution in [0.25, 0.3) is 0 Å². The van der Waals surface area contributed by atoms with Crippen LogP contribution in [0.3, 0.4) is 0 Å². The minimum absolute atomic E-state index is 0.108. The lowest BCUT2D eigenvalue weighted by Crippen LogP contribution is -2.36. The van der Waals surface area contributed by atoms with Crippen LogP contribution in [0, 0.1) is 0 Å². The van der Waals surface area contributed by atoms with E-state index < -0.39 is 5.97 Å². The molecule has 5 nitrogen and oxygen atoms in total. The highest BCUT2D eigenvalue weighted by molar-refractivity contribution is 5.86. The summed E-state index contributed by atoms with van der Waals surface area (Å²) in [7, 11) is 0. The van der Waals surface area contributed by atoms with Crippen molar-refractivity contribution in [1.82, 2.24) is 9.78 Å². The number of ether oxygens (including phenoxy) is 1. The molecule has 1 aliphatic rings. The number of carboxylic acid groups (broad SMARTS) is 1. The van der Waals surface area contributed by atoms with E-state index in [0.29, 0.717) is 6.61 Å². The third-order valence-corrected chi connectivity index (χ3v) is 3.67. The minimum atomic E-state index is -0.947. The van der Waals surface area contributed by atoms with Gasteiger partial charge < -0.3 is 9.84 Å². The van der Waals surface area contributed by atoms with Crippen molar-refractivity contribution in [2.75, 3.05) is 0 Å². The van der Waals surface area contributed by atoms with Crippen LogP contribution in [-0.4, -0.2) is 27.0 Å². The monoisotopic (exact) mass is 272 g/mol. The molecule has 0 aliphatic heterocycles. The molecule has 5 heteroatoms. The zero-order valence-corrected chi connectivity index (χ0v) is 11.0. The normalized spacial score (nSPS) is 21.4. The average molecular weight is 272 g/mol. The van der Waals surface area contributed by atoms with E-state index in [0.717, 1.165) is 18.4 Å². The van der Waals surface area contributed by atoms with E-state index in [9.17, 15) is 4.79 Å². The Bertz CT molecular complexity index is 594. The van der Waals surface area contributed by atoms with Crippen LogP contribution < -0.4 is 0 Å². The molecule has 3 rings (SSSR count). The van der Waals surface area contributed by atoms with Crippen molar-refractivity contribution in [2.45, 2.75) is 31.6 Å². The first-order chi connectivity index (χ1) is 9.74. The smallest absolute Gasteiger partial charge is 0.338 e. The van der Waals surface area contributed by atoms with Gasteiger partial charge in [0.1, 0.15) is 0 Å². The number of carboxylic acids is 1. The molecule has 20 heavy (non-hydrogen) atoms.